The zero-order valence-corrected chi connectivity index (χ0v) is 8.86. The molecule has 1 nitrogen and oxygen atoms in total. The Balaban J connectivity index is 2.99. The number of para-hydroxylation sites is 1. The summed E-state index contributed by atoms with van der Waals surface area (Å²) in [6.45, 7) is 0. The summed E-state index contributed by atoms with van der Waals surface area (Å²) in [5, 5.41) is 3.32. The first kappa shape index (κ1) is 9.59. The third kappa shape index (κ3) is 2.52. The summed E-state index contributed by atoms with van der Waals surface area (Å²) in [6, 6.07) is 7.94. The van der Waals surface area contributed by atoms with Crippen LogP contribution in [-0.2, 0) is 6.42 Å². The van der Waals surface area contributed by atoms with Gasteiger partial charge in [-0.3, -0.25) is 0 Å². The summed E-state index contributed by atoms with van der Waals surface area (Å²) >= 11 is 7.93. The largest absolute Gasteiger partial charge is 0.194 e. The van der Waals surface area contributed by atoms with E-state index in [1.165, 1.54) is 5.56 Å². The Morgan fingerprint density at radius 3 is 2.83 bits per heavy atom. The molecule has 0 aromatic heterocycles. The van der Waals surface area contributed by atoms with Crippen molar-refractivity contribution >= 4 is 39.0 Å². The van der Waals surface area contributed by atoms with Gasteiger partial charge in [0.05, 0.1) is 10.8 Å². The number of benzene rings is 1. The molecule has 0 aliphatic carbocycles. The smallest absolute Gasteiger partial charge is 0.0771 e. The molecular formula is C9H8BrNS. The summed E-state index contributed by atoms with van der Waals surface area (Å²) in [6.07, 6.45) is 0.969. The molecule has 0 N–H and O–H groups in total. The number of alkyl halides is 1. The topological polar surface area (TPSA) is 12.4 Å². The lowest BCUT2D eigenvalue weighted by Crippen LogP contribution is -1.85. The molecule has 0 fully saturated rings. The number of rotatable bonds is 3. The monoisotopic (exact) mass is 241 g/mol. The molecule has 0 bridgehead atoms. The first-order valence-corrected chi connectivity index (χ1v) is 5.13. The number of aryl methyl sites for hydroxylation is 1. The molecule has 0 radical (unpaired) electrons. The van der Waals surface area contributed by atoms with Gasteiger partial charge in [-0.15, -0.1) is 0 Å². The van der Waals surface area contributed by atoms with E-state index in [1.807, 2.05) is 24.3 Å². The summed E-state index contributed by atoms with van der Waals surface area (Å²) in [5.74, 6) is 0. The first-order valence-electron chi connectivity index (χ1n) is 3.60. The maximum Gasteiger partial charge on any atom is 0.0771 e. The maximum absolute atomic E-state index is 4.55. The van der Waals surface area contributed by atoms with Crippen molar-refractivity contribution in [3.8, 4) is 0 Å². The fraction of sp³-hybridized carbons (Fsp3) is 0.222. The van der Waals surface area contributed by atoms with Crippen LogP contribution in [0.25, 0.3) is 0 Å². The number of nitrogens with zero attached hydrogens (tertiary/aromatic N) is 1. The van der Waals surface area contributed by atoms with Gasteiger partial charge in [-0.1, -0.05) is 34.1 Å². The van der Waals surface area contributed by atoms with Crippen LogP contribution in [0.4, 0.5) is 5.69 Å². The highest BCUT2D eigenvalue weighted by Gasteiger charge is 1.97. The molecule has 0 saturated heterocycles. The molecule has 1 rings (SSSR count). The molecule has 0 atom stereocenters. The van der Waals surface area contributed by atoms with Crippen LogP contribution in [0.15, 0.2) is 29.3 Å². The molecule has 0 saturated carbocycles. The first-order chi connectivity index (χ1) is 5.88. The molecule has 0 spiro atoms. The van der Waals surface area contributed by atoms with Gasteiger partial charge in [0, 0.05) is 5.33 Å². The number of isothiocyanates is 1. The van der Waals surface area contributed by atoms with Gasteiger partial charge in [0.15, 0.2) is 0 Å². The van der Waals surface area contributed by atoms with Gasteiger partial charge < -0.3 is 0 Å². The molecule has 0 unspecified atom stereocenters. The Hall–Kier alpha value is -0.500. The van der Waals surface area contributed by atoms with E-state index in [0.29, 0.717) is 0 Å². The van der Waals surface area contributed by atoms with Crippen LogP contribution in [0.1, 0.15) is 5.56 Å². The number of thiocarbonyl (C=S) groups is 1. The third-order valence-corrected chi connectivity index (χ3v) is 2.01. The number of aliphatic imine (C=N–C) groups is 1. The van der Waals surface area contributed by atoms with Gasteiger partial charge in [0.1, 0.15) is 0 Å². The van der Waals surface area contributed by atoms with E-state index in [2.05, 4.69) is 38.3 Å². The molecule has 0 amide bonds. The van der Waals surface area contributed by atoms with E-state index in [1.54, 1.807) is 0 Å². The van der Waals surface area contributed by atoms with Crippen LogP contribution in [0.2, 0.25) is 0 Å². The Labute approximate surface area is 85.6 Å². The summed E-state index contributed by atoms with van der Waals surface area (Å²) in [5.41, 5.74) is 2.12. The second kappa shape index (κ2) is 5.20. The highest BCUT2D eigenvalue weighted by Crippen LogP contribution is 2.18. The lowest BCUT2D eigenvalue weighted by molar-refractivity contribution is 1.16. The molecular weight excluding hydrogens is 234 g/mol. The third-order valence-electron chi connectivity index (χ3n) is 1.52. The van der Waals surface area contributed by atoms with Gasteiger partial charge in [-0.25, -0.2) is 0 Å². The van der Waals surface area contributed by atoms with Gasteiger partial charge in [0.25, 0.3) is 0 Å². The molecule has 1 aromatic carbocycles. The maximum atomic E-state index is 4.55. The number of halogens is 1. The fourth-order valence-corrected chi connectivity index (χ4v) is 1.51. The molecule has 62 valence electrons. The van der Waals surface area contributed by atoms with Crippen LogP contribution >= 0.6 is 28.1 Å². The fourth-order valence-electron chi connectivity index (χ4n) is 0.982. The van der Waals surface area contributed by atoms with E-state index >= 15 is 0 Å². The minimum Gasteiger partial charge on any atom is -0.194 e. The van der Waals surface area contributed by atoms with Gasteiger partial charge in [-0.05, 0) is 30.3 Å². The van der Waals surface area contributed by atoms with Crippen LogP contribution in [0.3, 0.4) is 0 Å². The van der Waals surface area contributed by atoms with Crippen molar-refractivity contribution in [2.75, 3.05) is 5.33 Å². The zero-order valence-electron chi connectivity index (χ0n) is 6.46. The highest BCUT2D eigenvalue weighted by atomic mass is 79.9. The molecule has 1 aromatic rings. The molecule has 3 heteroatoms. The number of hydrogen-bond acceptors (Lipinski definition) is 2. The Kier molecular flexibility index (Phi) is 4.15. The predicted molar refractivity (Wildman–Crippen MR) is 58.6 cm³/mol. The Morgan fingerprint density at radius 1 is 1.42 bits per heavy atom. The van der Waals surface area contributed by atoms with E-state index in [4.69, 9.17) is 0 Å². The molecule has 12 heavy (non-hydrogen) atoms. The van der Waals surface area contributed by atoms with Gasteiger partial charge in [-0.2, -0.15) is 4.99 Å². The normalized spacial score (nSPS) is 9.08. The van der Waals surface area contributed by atoms with Crippen molar-refractivity contribution in [1.82, 2.24) is 0 Å². The van der Waals surface area contributed by atoms with Crippen LogP contribution in [-0.4, -0.2) is 10.5 Å². The van der Waals surface area contributed by atoms with E-state index in [-0.39, 0.29) is 0 Å². The molecule has 0 aliphatic heterocycles. The molecule has 0 heterocycles. The van der Waals surface area contributed by atoms with Crippen LogP contribution in [0, 0.1) is 0 Å². The van der Waals surface area contributed by atoms with Crippen molar-refractivity contribution < 1.29 is 0 Å². The SMILES string of the molecule is S=C=Nc1ccccc1CCBr. The lowest BCUT2D eigenvalue weighted by Gasteiger charge is -2.00. The minimum atomic E-state index is 0.923. The van der Waals surface area contributed by atoms with Crippen LogP contribution < -0.4 is 0 Å². The average molecular weight is 242 g/mol. The van der Waals surface area contributed by atoms with E-state index in [0.717, 1.165) is 17.4 Å². The Morgan fingerprint density at radius 2 is 2.17 bits per heavy atom. The lowest BCUT2D eigenvalue weighted by atomic mass is 10.1. The van der Waals surface area contributed by atoms with Crippen molar-refractivity contribution in [3.05, 3.63) is 29.8 Å². The Bertz CT molecular complexity index is 305. The predicted octanol–water partition coefficient (Wildman–Crippen LogP) is 3.36. The van der Waals surface area contributed by atoms with Crippen molar-refractivity contribution in [2.45, 2.75) is 6.42 Å². The van der Waals surface area contributed by atoms with E-state index < -0.39 is 0 Å². The standard InChI is InChI=1S/C9H8BrNS/c10-6-5-8-3-1-2-4-9(8)11-7-12/h1-4H,5-6H2. The second-order valence-corrected chi connectivity index (χ2v) is 3.25. The van der Waals surface area contributed by atoms with Gasteiger partial charge >= 0.3 is 0 Å². The number of hydrogen-bond donors (Lipinski definition) is 0. The van der Waals surface area contributed by atoms with Gasteiger partial charge in [0.2, 0.25) is 0 Å². The summed E-state index contributed by atoms with van der Waals surface area (Å²) in [7, 11) is 0. The quantitative estimate of drug-likeness (QED) is 0.449. The summed E-state index contributed by atoms with van der Waals surface area (Å²) < 4.78 is 0. The van der Waals surface area contributed by atoms with Crippen molar-refractivity contribution in [3.63, 3.8) is 0 Å². The second-order valence-electron chi connectivity index (χ2n) is 2.27. The van der Waals surface area contributed by atoms with Crippen molar-refractivity contribution in [2.24, 2.45) is 4.99 Å². The molecule has 0 aliphatic rings. The highest BCUT2D eigenvalue weighted by molar-refractivity contribution is 9.09. The average Bonchev–Trinajstić information content (AvgIpc) is 2.09. The van der Waals surface area contributed by atoms with Crippen molar-refractivity contribution in [1.29, 1.82) is 0 Å². The minimum absolute atomic E-state index is 0.923. The zero-order chi connectivity index (χ0) is 8.81. The van der Waals surface area contributed by atoms with E-state index in [9.17, 15) is 0 Å². The van der Waals surface area contributed by atoms with Crippen LogP contribution in [0.5, 0.6) is 0 Å². The summed E-state index contributed by atoms with van der Waals surface area (Å²) in [4.78, 5) is 3.97.